The van der Waals surface area contributed by atoms with Gasteiger partial charge in [-0.15, -0.1) is 0 Å². The zero-order valence-electron chi connectivity index (χ0n) is 23.3. The Balaban J connectivity index is 0.00000353. The maximum atomic E-state index is 14.3. The van der Waals surface area contributed by atoms with Crippen LogP contribution >= 0.6 is 0 Å². The first-order valence-corrected chi connectivity index (χ1v) is 13.6. The second-order valence-corrected chi connectivity index (χ2v) is 10.4. The van der Waals surface area contributed by atoms with E-state index in [1.54, 1.807) is 36.7 Å². The lowest BCUT2D eigenvalue weighted by Crippen LogP contribution is -2.35. The van der Waals surface area contributed by atoms with Gasteiger partial charge in [0.05, 0.1) is 47.8 Å². The summed E-state index contributed by atoms with van der Waals surface area (Å²) in [6, 6.07) is 11.1. The predicted molar refractivity (Wildman–Crippen MR) is 149 cm³/mol. The molecular formula is C30H32FN7O4. The van der Waals surface area contributed by atoms with Crippen molar-refractivity contribution in [2.75, 3.05) is 19.7 Å². The number of hydrogen-bond acceptors (Lipinski definition) is 9. The zero-order chi connectivity index (χ0) is 28.3. The topological polar surface area (TPSA) is 166 Å². The van der Waals surface area contributed by atoms with Gasteiger partial charge in [-0.1, -0.05) is 12.1 Å². The van der Waals surface area contributed by atoms with Gasteiger partial charge in [-0.2, -0.15) is 5.26 Å². The number of quaternary nitrogens is 1. The molecule has 4 heterocycles. The van der Waals surface area contributed by atoms with E-state index in [4.69, 9.17) is 19.7 Å². The van der Waals surface area contributed by atoms with Crippen LogP contribution in [0.15, 0.2) is 48.8 Å². The van der Waals surface area contributed by atoms with E-state index in [-0.39, 0.29) is 35.9 Å². The summed E-state index contributed by atoms with van der Waals surface area (Å²) in [5.41, 5.74) is 3.01. The molecule has 0 saturated carbocycles. The van der Waals surface area contributed by atoms with E-state index in [1.165, 1.54) is 12.1 Å². The van der Waals surface area contributed by atoms with Crippen LogP contribution in [-0.4, -0.2) is 56.2 Å². The smallest absolute Gasteiger partial charge is 0.236 e. The highest BCUT2D eigenvalue weighted by Crippen LogP contribution is 2.33. The number of hydrogen-bond donors (Lipinski definition) is 1. The molecule has 1 atom stereocenters. The Morgan fingerprint density at radius 1 is 1.14 bits per heavy atom. The SMILES string of the molecule is N#Cc1ccc(COc2nccnc2C2CCN(Cc3nc4ccc(C(=O)[O-])cc4n3C[C@@H]3CCO3)CC2)c(F)c1.[NH4+]. The molecule has 2 aromatic heterocycles. The molecule has 6 rings (SSSR count). The van der Waals surface area contributed by atoms with Crippen molar-refractivity contribution in [3.63, 3.8) is 0 Å². The van der Waals surface area contributed by atoms with Crippen molar-refractivity contribution in [3.05, 3.63) is 82.8 Å². The minimum absolute atomic E-state index is 0. The molecule has 0 radical (unpaired) electrons. The number of carboxylic acid groups (broad SMARTS) is 1. The number of ether oxygens (including phenoxy) is 2. The number of fused-ring (bicyclic) bond motifs is 1. The Labute approximate surface area is 242 Å². The van der Waals surface area contributed by atoms with E-state index in [1.807, 2.05) is 6.07 Å². The molecule has 12 heteroatoms. The number of halogens is 1. The second kappa shape index (κ2) is 12.6. The first-order chi connectivity index (χ1) is 20.0. The molecule has 0 amide bonds. The Kier molecular flexibility index (Phi) is 8.72. The molecule has 2 fully saturated rings. The molecule has 2 saturated heterocycles. The minimum atomic E-state index is -1.21. The molecule has 218 valence electrons. The molecule has 0 spiro atoms. The monoisotopic (exact) mass is 573 g/mol. The van der Waals surface area contributed by atoms with Crippen LogP contribution in [0.5, 0.6) is 5.88 Å². The van der Waals surface area contributed by atoms with Crippen LogP contribution in [0.1, 0.15) is 58.2 Å². The highest BCUT2D eigenvalue weighted by molar-refractivity contribution is 5.91. The van der Waals surface area contributed by atoms with Crippen molar-refractivity contribution in [1.29, 1.82) is 5.26 Å². The second-order valence-electron chi connectivity index (χ2n) is 10.4. The fourth-order valence-corrected chi connectivity index (χ4v) is 5.43. The van der Waals surface area contributed by atoms with Crippen molar-refractivity contribution in [3.8, 4) is 11.9 Å². The number of nitrogens with zero attached hydrogens (tertiary/aromatic N) is 6. The number of piperidine rings is 1. The van der Waals surface area contributed by atoms with Crippen LogP contribution in [0.2, 0.25) is 0 Å². The number of aromatic nitrogens is 4. The number of benzene rings is 2. The third kappa shape index (κ3) is 6.08. The molecule has 2 aliphatic heterocycles. The van der Waals surface area contributed by atoms with Gasteiger partial charge in [-0.3, -0.25) is 9.88 Å². The van der Waals surface area contributed by atoms with Gasteiger partial charge in [-0.05, 0) is 62.2 Å². The molecule has 4 aromatic rings. The predicted octanol–water partition coefficient (Wildman–Crippen LogP) is 3.32. The van der Waals surface area contributed by atoms with Gasteiger partial charge in [0.15, 0.2) is 0 Å². The van der Waals surface area contributed by atoms with E-state index in [2.05, 4.69) is 19.4 Å². The van der Waals surface area contributed by atoms with Gasteiger partial charge in [0.2, 0.25) is 5.88 Å². The highest BCUT2D eigenvalue weighted by atomic mass is 19.1. The average Bonchev–Trinajstić information content (AvgIpc) is 3.30. The number of imidazole rings is 1. The molecule has 0 bridgehead atoms. The summed E-state index contributed by atoms with van der Waals surface area (Å²) in [6.45, 7) is 3.58. The maximum Gasteiger partial charge on any atom is 0.236 e. The van der Waals surface area contributed by atoms with Crippen molar-refractivity contribution in [2.45, 2.75) is 51.0 Å². The number of rotatable bonds is 9. The number of aromatic carboxylic acids is 1. The van der Waals surface area contributed by atoms with E-state index in [0.717, 1.165) is 61.5 Å². The van der Waals surface area contributed by atoms with Gasteiger partial charge < -0.3 is 30.1 Å². The van der Waals surface area contributed by atoms with E-state index in [9.17, 15) is 14.3 Å². The molecule has 0 aliphatic carbocycles. The lowest BCUT2D eigenvalue weighted by molar-refractivity contribution is -0.255. The first kappa shape index (κ1) is 29.1. The van der Waals surface area contributed by atoms with Gasteiger partial charge in [0.1, 0.15) is 23.9 Å². The molecule has 42 heavy (non-hydrogen) atoms. The van der Waals surface area contributed by atoms with Crippen molar-refractivity contribution in [1.82, 2.24) is 30.6 Å². The lowest BCUT2D eigenvalue weighted by atomic mass is 9.93. The van der Waals surface area contributed by atoms with Gasteiger partial charge in [0, 0.05) is 30.5 Å². The first-order valence-electron chi connectivity index (χ1n) is 13.6. The summed E-state index contributed by atoms with van der Waals surface area (Å²) in [7, 11) is 0. The third-order valence-corrected chi connectivity index (χ3v) is 7.82. The number of likely N-dealkylation sites (tertiary alicyclic amines) is 1. The Bertz CT molecular complexity index is 1620. The highest BCUT2D eigenvalue weighted by Gasteiger charge is 2.27. The molecule has 2 aromatic carbocycles. The van der Waals surface area contributed by atoms with Crippen LogP contribution in [0.3, 0.4) is 0 Å². The number of carbonyl (C=O) groups is 1. The van der Waals surface area contributed by atoms with Gasteiger partial charge in [-0.25, -0.2) is 14.4 Å². The van der Waals surface area contributed by atoms with E-state index < -0.39 is 11.8 Å². The zero-order valence-corrected chi connectivity index (χ0v) is 23.3. The van der Waals surface area contributed by atoms with E-state index in [0.29, 0.717) is 24.5 Å². The summed E-state index contributed by atoms with van der Waals surface area (Å²) >= 11 is 0. The minimum Gasteiger partial charge on any atom is -0.545 e. The van der Waals surface area contributed by atoms with Crippen molar-refractivity contribution < 1.29 is 23.8 Å². The fourth-order valence-electron chi connectivity index (χ4n) is 5.43. The molecule has 2 aliphatic rings. The summed E-state index contributed by atoms with van der Waals surface area (Å²) in [4.78, 5) is 27.6. The van der Waals surface area contributed by atoms with Gasteiger partial charge in [0.25, 0.3) is 0 Å². The normalized spacial score (nSPS) is 17.3. The summed E-state index contributed by atoms with van der Waals surface area (Å²) in [5.74, 6) is -0.308. The van der Waals surface area contributed by atoms with Crippen LogP contribution < -0.4 is 16.0 Å². The summed E-state index contributed by atoms with van der Waals surface area (Å²) in [5, 5.41) is 20.4. The van der Waals surface area contributed by atoms with Crippen LogP contribution in [-0.2, 0) is 24.4 Å². The van der Waals surface area contributed by atoms with E-state index >= 15 is 0 Å². The van der Waals surface area contributed by atoms with Crippen molar-refractivity contribution >= 4 is 17.0 Å². The fraction of sp³-hybridized carbons (Fsp3) is 0.367. The Morgan fingerprint density at radius 2 is 1.93 bits per heavy atom. The van der Waals surface area contributed by atoms with Gasteiger partial charge >= 0.3 is 0 Å². The molecule has 0 unspecified atom stereocenters. The summed E-state index contributed by atoms with van der Waals surface area (Å²) in [6.07, 6.45) is 5.93. The van der Waals surface area contributed by atoms with Crippen LogP contribution in [0, 0.1) is 17.1 Å². The average molecular weight is 574 g/mol. The number of nitriles is 1. The van der Waals surface area contributed by atoms with Crippen LogP contribution in [0.4, 0.5) is 4.39 Å². The summed E-state index contributed by atoms with van der Waals surface area (Å²) < 4.78 is 28.0. The molecule has 11 nitrogen and oxygen atoms in total. The van der Waals surface area contributed by atoms with Crippen LogP contribution in [0.25, 0.3) is 11.0 Å². The molecular weight excluding hydrogens is 541 g/mol. The van der Waals surface area contributed by atoms with Crippen molar-refractivity contribution in [2.24, 2.45) is 0 Å². The standard InChI is InChI=1S/C30H29FN6O4.H3N/c31-24-13-19(15-32)1-2-22(24)18-41-29-28(33-8-9-34-29)20-5-10-36(11-6-20)17-27-35-25-4-3-21(30(38)39)14-26(25)37(27)16-23-7-12-40-23;/h1-4,8-9,13-14,20,23H,5-7,10-12,16-18H2,(H,38,39);1H3/t23-;/m0./s1. The lowest BCUT2D eigenvalue weighted by Gasteiger charge is -2.32. The maximum absolute atomic E-state index is 14.3. The Hall–Kier alpha value is -4.44. The number of carbonyl (C=O) groups excluding carboxylic acids is 1. The number of carboxylic acids is 1. The quantitative estimate of drug-likeness (QED) is 0.316. The Morgan fingerprint density at radius 3 is 2.62 bits per heavy atom. The molecule has 4 N–H and O–H groups in total. The largest absolute Gasteiger partial charge is 0.545 e. The third-order valence-electron chi connectivity index (χ3n) is 7.82.